The molecular formula is C4H9ClO2. The monoisotopic (exact) mass is 124 g/mol. The van der Waals surface area contributed by atoms with Gasteiger partial charge in [-0.2, -0.15) is 0 Å². The molecule has 0 aliphatic carbocycles. The van der Waals surface area contributed by atoms with E-state index in [-0.39, 0.29) is 0 Å². The maximum absolute atomic E-state index is 5.32. The Morgan fingerprint density at radius 3 is 2.43 bits per heavy atom. The van der Waals surface area contributed by atoms with Crippen LogP contribution in [0.2, 0.25) is 0 Å². The molecule has 0 bridgehead atoms. The predicted octanol–water partition coefficient (Wildman–Crippen LogP) is 1.19. The normalized spacial score (nSPS) is 14.1. The van der Waals surface area contributed by atoms with Crippen molar-refractivity contribution in [1.82, 2.24) is 0 Å². The lowest BCUT2D eigenvalue weighted by Gasteiger charge is -2.03. The van der Waals surface area contributed by atoms with E-state index in [1.807, 2.05) is 6.92 Å². The number of ether oxygens (including phenoxy) is 2. The van der Waals surface area contributed by atoms with Gasteiger partial charge >= 0.3 is 0 Å². The molecule has 0 aliphatic rings. The molecule has 0 unspecified atom stereocenters. The van der Waals surface area contributed by atoms with Crippen LogP contribution in [0.5, 0.6) is 0 Å². The van der Waals surface area contributed by atoms with Crippen molar-refractivity contribution in [2.24, 2.45) is 0 Å². The van der Waals surface area contributed by atoms with Crippen molar-refractivity contribution in [2.45, 2.75) is 12.7 Å². The highest BCUT2D eigenvalue weighted by molar-refractivity contribution is 6.18. The molecule has 0 aromatic heterocycles. The molecule has 0 N–H and O–H groups in total. The predicted molar refractivity (Wildman–Crippen MR) is 28.3 cm³/mol. The van der Waals surface area contributed by atoms with Gasteiger partial charge in [-0.3, -0.25) is 0 Å². The van der Waals surface area contributed by atoms with Crippen molar-refractivity contribution < 1.29 is 9.47 Å². The second-order valence-corrected chi connectivity index (χ2v) is 1.32. The number of hydrogen-bond donors (Lipinski definition) is 0. The fourth-order valence-electron chi connectivity index (χ4n) is 0.199. The number of methoxy groups -OCH3 is 1. The Kier molecular flexibility index (Phi) is 4.50. The van der Waals surface area contributed by atoms with Gasteiger partial charge in [-0.15, -0.1) is 0 Å². The van der Waals surface area contributed by atoms with E-state index in [4.69, 9.17) is 16.3 Å². The molecule has 0 saturated heterocycles. The van der Waals surface area contributed by atoms with Gasteiger partial charge in [-0.25, -0.2) is 0 Å². The quantitative estimate of drug-likeness (QED) is 0.416. The number of hydrogen-bond acceptors (Lipinski definition) is 2. The van der Waals surface area contributed by atoms with Crippen LogP contribution in [0.25, 0.3) is 0 Å². The lowest BCUT2D eigenvalue weighted by Crippen LogP contribution is -2.05. The van der Waals surface area contributed by atoms with Crippen molar-refractivity contribution in [1.29, 1.82) is 0 Å². The van der Waals surface area contributed by atoms with Crippen molar-refractivity contribution in [3.8, 4) is 0 Å². The summed E-state index contributed by atoms with van der Waals surface area (Å²) in [6.07, 6.45) is 0. The lowest BCUT2D eigenvalue weighted by molar-refractivity contribution is -0.0612. The minimum Gasteiger partial charge on any atom is -0.343 e. The Labute approximate surface area is 48.4 Å². The van der Waals surface area contributed by atoms with Crippen LogP contribution in [0.3, 0.4) is 0 Å². The standard InChI is InChI=1S/C4H9ClO2/c1-3-7-4(5)6-2/h4H,3H2,1-2H3/t4-/m0/s1. The van der Waals surface area contributed by atoms with E-state index in [9.17, 15) is 0 Å². The average molecular weight is 125 g/mol. The molecule has 7 heavy (non-hydrogen) atoms. The van der Waals surface area contributed by atoms with E-state index in [1.165, 1.54) is 7.11 Å². The Hall–Kier alpha value is 0.210. The summed E-state index contributed by atoms with van der Waals surface area (Å²) in [4.78, 5) is 0. The molecule has 0 radical (unpaired) electrons. The molecule has 0 amide bonds. The Morgan fingerprint density at radius 2 is 2.29 bits per heavy atom. The minimum absolute atomic E-state index is 0.579. The van der Waals surface area contributed by atoms with Gasteiger partial charge in [0.2, 0.25) is 5.75 Å². The zero-order valence-electron chi connectivity index (χ0n) is 4.48. The highest BCUT2D eigenvalue weighted by Crippen LogP contribution is 1.95. The Balaban J connectivity index is 2.83. The van der Waals surface area contributed by atoms with Crippen LogP contribution in [0.4, 0.5) is 0 Å². The van der Waals surface area contributed by atoms with E-state index < -0.39 is 5.75 Å². The maximum atomic E-state index is 5.32. The topological polar surface area (TPSA) is 18.5 Å². The minimum atomic E-state index is -0.579. The molecule has 0 aromatic rings. The molecule has 2 nitrogen and oxygen atoms in total. The largest absolute Gasteiger partial charge is 0.343 e. The van der Waals surface area contributed by atoms with Gasteiger partial charge in [0.1, 0.15) is 0 Å². The van der Waals surface area contributed by atoms with Crippen LogP contribution in [0.1, 0.15) is 6.92 Å². The second-order valence-electron chi connectivity index (χ2n) is 0.965. The lowest BCUT2D eigenvalue weighted by atomic mass is 10.9. The average Bonchev–Trinajstić information content (AvgIpc) is 1.68. The van der Waals surface area contributed by atoms with E-state index in [0.29, 0.717) is 6.61 Å². The smallest absolute Gasteiger partial charge is 0.236 e. The maximum Gasteiger partial charge on any atom is 0.236 e. The Morgan fingerprint density at radius 1 is 1.71 bits per heavy atom. The number of alkyl halides is 1. The number of rotatable bonds is 3. The first-order chi connectivity index (χ1) is 3.31. The first-order valence-electron chi connectivity index (χ1n) is 2.09. The van der Waals surface area contributed by atoms with Crippen LogP contribution >= 0.6 is 11.6 Å². The van der Waals surface area contributed by atoms with Gasteiger partial charge in [0.15, 0.2) is 0 Å². The third-order valence-corrected chi connectivity index (χ3v) is 0.787. The van der Waals surface area contributed by atoms with Crippen LogP contribution in [0.15, 0.2) is 0 Å². The van der Waals surface area contributed by atoms with Gasteiger partial charge in [0.25, 0.3) is 0 Å². The fraction of sp³-hybridized carbons (Fsp3) is 1.00. The first kappa shape index (κ1) is 7.21. The van der Waals surface area contributed by atoms with Crippen LogP contribution in [0, 0.1) is 0 Å². The molecular weight excluding hydrogens is 115 g/mol. The molecule has 0 heterocycles. The van der Waals surface area contributed by atoms with Crippen molar-refractivity contribution in [2.75, 3.05) is 13.7 Å². The second kappa shape index (κ2) is 4.37. The highest BCUT2D eigenvalue weighted by atomic mass is 35.5. The molecule has 0 aliphatic heterocycles. The molecule has 1 atom stereocenters. The third kappa shape index (κ3) is 4.05. The summed E-state index contributed by atoms with van der Waals surface area (Å²) >= 11 is 5.32. The molecule has 0 saturated carbocycles. The first-order valence-corrected chi connectivity index (χ1v) is 2.53. The highest BCUT2D eigenvalue weighted by Gasteiger charge is 1.95. The molecule has 0 spiro atoms. The summed E-state index contributed by atoms with van der Waals surface area (Å²) < 4.78 is 9.27. The van der Waals surface area contributed by atoms with E-state index in [0.717, 1.165) is 0 Å². The van der Waals surface area contributed by atoms with Gasteiger partial charge < -0.3 is 9.47 Å². The van der Waals surface area contributed by atoms with Crippen molar-refractivity contribution in [3.05, 3.63) is 0 Å². The zero-order chi connectivity index (χ0) is 5.70. The summed E-state index contributed by atoms with van der Waals surface area (Å²) in [6.45, 7) is 2.44. The summed E-state index contributed by atoms with van der Waals surface area (Å²) in [5.41, 5.74) is 0. The Bertz CT molecular complexity index is 40.7. The summed E-state index contributed by atoms with van der Waals surface area (Å²) in [5.74, 6) is -0.579. The molecule has 0 rings (SSSR count). The fourth-order valence-corrected chi connectivity index (χ4v) is 0.325. The molecule has 3 heteroatoms. The number of halogens is 1. The summed E-state index contributed by atoms with van der Waals surface area (Å²) in [7, 11) is 1.49. The van der Waals surface area contributed by atoms with Gasteiger partial charge in [-0.1, -0.05) is 11.6 Å². The summed E-state index contributed by atoms with van der Waals surface area (Å²) in [5, 5.41) is 0. The van der Waals surface area contributed by atoms with E-state index in [1.54, 1.807) is 0 Å². The summed E-state index contributed by atoms with van der Waals surface area (Å²) in [6, 6.07) is 0. The van der Waals surface area contributed by atoms with Gasteiger partial charge in [-0.05, 0) is 6.92 Å². The van der Waals surface area contributed by atoms with E-state index in [2.05, 4.69) is 4.74 Å². The SMILES string of the molecule is CCO[C@@H](Cl)OC. The van der Waals surface area contributed by atoms with Crippen LogP contribution in [-0.2, 0) is 9.47 Å². The van der Waals surface area contributed by atoms with Crippen LogP contribution < -0.4 is 0 Å². The van der Waals surface area contributed by atoms with Crippen molar-refractivity contribution >= 4 is 11.6 Å². The third-order valence-electron chi connectivity index (χ3n) is 0.483. The molecule has 0 aromatic carbocycles. The van der Waals surface area contributed by atoms with Gasteiger partial charge in [0.05, 0.1) is 0 Å². The molecule has 0 fully saturated rings. The zero-order valence-corrected chi connectivity index (χ0v) is 5.23. The van der Waals surface area contributed by atoms with Crippen LogP contribution in [-0.4, -0.2) is 19.5 Å². The van der Waals surface area contributed by atoms with Gasteiger partial charge in [0, 0.05) is 13.7 Å². The van der Waals surface area contributed by atoms with E-state index >= 15 is 0 Å². The molecule has 44 valence electrons. The van der Waals surface area contributed by atoms with Crippen molar-refractivity contribution in [3.63, 3.8) is 0 Å².